The Balaban J connectivity index is 1.57. The molecule has 2 aliphatic rings. The Morgan fingerprint density at radius 1 is 0.972 bits per heavy atom. The molecule has 0 fully saturated rings. The molecule has 3 aromatic rings. The zero-order chi connectivity index (χ0) is 25.6. The van der Waals surface area contributed by atoms with Crippen molar-refractivity contribution >= 4 is 40.7 Å². The minimum atomic E-state index is -0.713. The van der Waals surface area contributed by atoms with Gasteiger partial charge in [-0.2, -0.15) is 0 Å². The molecule has 1 atom stereocenters. The van der Waals surface area contributed by atoms with E-state index in [-0.39, 0.29) is 15.8 Å². The maximum absolute atomic E-state index is 13.5. The normalized spacial score (nSPS) is 16.5. The minimum absolute atomic E-state index is 0.154. The lowest BCUT2D eigenvalue weighted by Gasteiger charge is -2.29. The van der Waals surface area contributed by atoms with Crippen molar-refractivity contribution in [3.05, 3.63) is 115 Å². The van der Waals surface area contributed by atoms with Crippen LogP contribution in [0.1, 0.15) is 45.5 Å². The second-order valence-corrected chi connectivity index (χ2v) is 9.65. The number of allylic oxidation sites excluding steroid dienone is 2. The summed E-state index contributed by atoms with van der Waals surface area (Å²) in [6, 6.07) is 18.7. The standard InChI is InChI=1S/C29H23Cl2NO4/c1-15-8-10-17(11-9-15)14-36-28-21(30)12-18(13-22(28)31)24-23(29(34)35-3)16(2)32-26-19-6-4-5-7-20(19)27(33)25(24)26/h4-13,24,32H,14H2,1-3H3/t24-/m1/s1. The number of Topliss-reactive ketones (excluding diaryl/α,β-unsaturated/α-hetero) is 1. The third kappa shape index (κ3) is 4.08. The predicted octanol–water partition coefficient (Wildman–Crippen LogP) is 6.62. The van der Waals surface area contributed by atoms with Gasteiger partial charge in [-0.15, -0.1) is 0 Å². The molecule has 0 aromatic heterocycles. The van der Waals surface area contributed by atoms with Crippen LogP contribution in [-0.4, -0.2) is 18.9 Å². The van der Waals surface area contributed by atoms with Gasteiger partial charge >= 0.3 is 5.97 Å². The summed E-state index contributed by atoms with van der Waals surface area (Å²) in [7, 11) is 1.32. The Morgan fingerprint density at radius 3 is 2.25 bits per heavy atom. The Kier molecular flexibility index (Phi) is 6.37. The van der Waals surface area contributed by atoms with E-state index in [0.717, 1.165) is 16.7 Å². The molecule has 7 heteroatoms. The van der Waals surface area contributed by atoms with Crippen LogP contribution in [0.25, 0.3) is 5.70 Å². The van der Waals surface area contributed by atoms with Crippen molar-refractivity contribution in [3.8, 4) is 5.75 Å². The van der Waals surface area contributed by atoms with E-state index < -0.39 is 11.9 Å². The van der Waals surface area contributed by atoms with Crippen LogP contribution in [0.2, 0.25) is 10.0 Å². The molecule has 1 aliphatic carbocycles. The van der Waals surface area contributed by atoms with E-state index in [0.29, 0.717) is 46.0 Å². The number of halogens is 2. The molecule has 5 rings (SSSR count). The van der Waals surface area contributed by atoms with Crippen LogP contribution in [0.5, 0.6) is 5.75 Å². The van der Waals surface area contributed by atoms with Gasteiger partial charge in [0.25, 0.3) is 0 Å². The van der Waals surface area contributed by atoms with Gasteiger partial charge in [-0.05, 0) is 37.1 Å². The van der Waals surface area contributed by atoms with Gasteiger partial charge in [-0.1, -0.05) is 77.3 Å². The molecule has 0 amide bonds. The zero-order valence-corrected chi connectivity index (χ0v) is 21.5. The SMILES string of the molecule is COC(=O)C1=C(C)NC2=C(C(=O)c3ccccc32)[C@@H]1c1cc(Cl)c(OCc2ccc(C)cc2)c(Cl)c1. The summed E-state index contributed by atoms with van der Waals surface area (Å²) >= 11 is 13.3. The van der Waals surface area contributed by atoms with Crippen molar-refractivity contribution in [2.75, 3.05) is 7.11 Å². The van der Waals surface area contributed by atoms with Gasteiger partial charge in [-0.3, -0.25) is 4.79 Å². The van der Waals surface area contributed by atoms with Crippen molar-refractivity contribution in [2.24, 2.45) is 0 Å². The lowest BCUT2D eigenvalue weighted by atomic mass is 9.80. The highest BCUT2D eigenvalue weighted by molar-refractivity contribution is 6.37. The molecule has 0 spiro atoms. The minimum Gasteiger partial charge on any atom is -0.486 e. The lowest BCUT2D eigenvalue weighted by molar-refractivity contribution is -0.136. The second kappa shape index (κ2) is 9.49. The largest absolute Gasteiger partial charge is 0.486 e. The first-order valence-corrected chi connectivity index (χ1v) is 12.2. The number of ether oxygens (including phenoxy) is 2. The Hall–Kier alpha value is -3.54. The number of rotatable bonds is 5. The number of hydrogen-bond acceptors (Lipinski definition) is 5. The highest BCUT2D eigenvalue weighted by Crippen LogP contribution is 2.48. The number of hydrogen-bond donors (Lipinski definition) is 1. The maximum Gasteiger partial charge on any atom is 0.336 e. The molecular weight excluding hydrogens is 497 g/mol. The molecule has 36 heavy (non-hydrogen) atoms. The van der Waals surface area contributed by atoms with E-state index in [1.807, 2.05) is 49.4 Å². The van der Waals surface area contributed by atoms with E-state index in [1.54, 1.807) is 25.1 Å². The number of dihydropyridines is 1. The summed E-state index contributed by atoms with van der Waals surface area (Å²) in [5.74, 6) is -1.06. The number of fused-ring (bicyclic) bond motifs is 2. The number of carbonyl (C=O) groups excluding carboxylic acids is 2. The van der Waals surface area contributed by atoms with E-state index in [9.17, 15) is 9.59 Å². The summed E-state index contributed by atoms with van der Waals surface area (Å²) in [5, 5.41) is 3.83. The fraction of sp³-hybridized carbons (Fsp3) is 0.172. The van der Waals surface area contributed by atoms with Crippen LogP contribution in [0.4, 0.5) is 0 Å². The van der Waals surface area contributed by atoms with Crippen LogP contribution < -0.4 is 10.1 Å². The number of nitrogens with one attached hydrogen (secondary N) is 1. The number of esters is 1. The molecule has 0 radical (unpaired) electrons. The predicted molar refractivity (Wildman–Crippen MR) is 140 cm³/mol. The van der Waals surface area contributed by atoms with Gasteiger partial charge in [0.1, 0.15) is 6.61 Å². The number of aryl methyl sites for hydroxylation is 1. The van der Waals surface area contributed by atoms with Gasteiger partial charge in [0, 0.05) is 28.3 Å². The van der Waals surface area contributed by atoms with Crippen LogP contribution in [-0.2, 0) is 16.1 Å². The summed E-state index contributed by atoms with van der Waals surface area (Å²) in [5.41, 5.74) is 6.17. The molecular formula is C29H23Cl2NO4. The first kappa shape index (κ1) is 24.2. The quantitative estimate of drug-likeness (QED) is 0.383. The fourth-order valence-electron chi connectivity index (χ4n) is 4.77. The van der Waals surface area contributed by atoms with Crippen LogP contribution in [0.15, 0.2) is 77.5 Å². The molecule has 182 valence electrons. The summed E-state index contributed by atoms with van der Waals surface area (Å²) in [6.07, 6.45) is 0. The molecule has 0 unspecified atom stereocenters. The van der Waals surface area contributed by atoms with Crippen molar-refractivity contribution in [1.82, 2.24) is 5.32 Å². The Morgan fingerprint density at radius 2 is 1.61 bits per heavy atom. The van der Waals surface area contributed by atoms with Crippen molar-refractivity contribution in [1.29, 1.82) is 0 Å². The van der Waals surface area contributed by atoms with E-state index in [2.05, 4.69) is 5.32 Å². The van der Waals surface area contributed by atoms with E-state index in [4.69, 9.17) is 32.7 Å². The van der Waals surface area contributed by atoms with Gasteiger partial charge < -0.3 is 14.8 Å². The molecule has 5 nitrogen and oxygen atoms in total. The molecule has 0 bridgehead atoms. The lowest BCUT2D eigenvalue weighted by Crippen LogP contribution is -2.29. The monoisotopic (exact) mass is 519 g/mol. The first-order valence-electron chi connectivity index (χ1n) is 11.4. The average Bonchev–Trinajstić information content (AvgIpc) is 3.14. The molecule has 1 heterocycles. The van der Waals surface area contributed by atoms with Crippen LogP contribution >= 0.6 is 23.2 Å². The number of benzene rings is 3. The molecule has 1 N–H and O–H groups in total. The van der Waals surface area contributed by atoms with Gasteiger partial charge in [-0.25, -0.2) is 4.79 Å². The summed E-state index contributed by atoms with van der Waals surface area (Å²) in [6.45, 7) is 4.10. The first-order chi connectivity index (χ1) is 17.3. The molecule has 1 aliphatic heterocycles. The van der Waals surface area contributed by atoms with Crippen molar-refractivity contribution in [3.63, 3.8) is 0 Å². The van der Waals surface area contributed by atoms with Gasteiger partial charge in [0.2, 0.25) is 0 Å². The number of methoxy groups -OCH3 is 1. The maximum atomic E-state index is 13.5. The van der Waals surface area contributed by atoms with Crippen LogP contribution in [0, 0.1) is 6.92 Å². The van der Waals surface area contributed by atoms with E-state index in [1.165, 1.54) is 7.11 Å². The topological polar surface area (TPSA) is 64.6 Å². The fourth-order valence-corrected chi connectivity index (χ4v) is 5.38. The highest BCUT2D eigenvalue weighted by Gasteiger charge is 2.43. The third-order valence-corrected chi connectivity index (χ3v) is 7.07. The van der Waals surface area contributed by atoms with Crippen molar-refractivity contribution in [2.45, 2.75) is 26.4 Å². The van der Waals surface area contributed by atoms with Gasteiger partial charge in [0.15, 0.2) is 11.5 Å². The molecule has 0 saturated heterocycles. The van der Waals surface area contributed by atoms with Gasteiger partial charge in [0.05, 0.1) is 28.4 Å². The number of ketones is 1. The molecule has 3 aromatic carbocycles. The Labute approximate surface area is 219 Å². The third-order valence-electron chi connectivity index (χ3n) is 6.51. The average molecular weight is 520 g/mol. The van der Waals surface area contributed by atoms with Crippen molar-refractivity contribution < 1.29 is 19.1 Å². The number of carbonyl (C=O) groups is 2. The second-order valence-electron chi connectivity index (χ2n) is 8.84. The Bertz CT molecular complexity index is 1450. The molecule has 0 saturated carbocycles. The highest BCUT2D eigenvalue weighted by atomic mass is 35.5. The van der Waals surface area contributed by atoms with E-state index >= 15 is 0 Å². The van der Waals surface area contributed by atoms with Crippen LogP contribution in [0.3, 0.4) is 0 Å². The summed E-state index contributed by atoms with van der Waals surface area (Å²) in [4.78, 5) is 26.4. The zero-order valence-electron chi connectivity index (χ0n) is 19.9. The summed E-state index contributed by atoms with van der Waals surface area (Å²) < 4.78 is 11.0. The smallest absolute Gasteiger partial charge is 0.336 e.